The van der Waals surface area contributed by atoms with E-state index in [9.17, 15) is 10.4 Å². The highest BCUT2D eigenvalue weighted by Crippen LogP contribution is 2.45. The van der Waals surface area contributed by atoms with Crippen LogP contribution in [-0.2, 0) is 0 Å². The predicted molar refractivity (Wildman–Crippen MR) is 79.6 cm³/mol. The second kappa shape index (κ2) is 6.07. The first-order chi connectivity index (χ1) is 9.09. The van der Waals surface area contributed by atoms with Crippen molar-refractivity contribution in [1.29, 1.82) is 5.26 Å². The quantitative estimate of drug-likeness (QED) is 0.805. The van der Waals surface area contributed by atoms with Crippen LogP contribution in [0.2, 0.25) is 0 Å². The molecule has 2 nitrogen and oxygen atoms in total. The van der Waals surface area contributed by atoms with Gasteiger partial charge in [0.05, 0.1) is 17.6 Å². The van der Waals surface area contributed by atoms with Crippen molar-refractivity contribution in [3.63, 3.8) is 0 Å². The average Bonchev–Trinajstić information content (AvgIpc) is 2.67. The lowest BCUT2D eigenvalue weighted by Gasteiger charge is -2.31. The number of nitriles is 1. The van der Waals surface area contributed by atoms with Crippen LogP contribution in [0.4, 0.5) is 0 Å². The zero-order valence-corrected chi connectivity index (χ0v) is 12.9. The molecular weight excluding hydrogens is 302 g/mol. The maximum atomic E-state index is 10.7. The van der Waals surface area contributed by atoms with E-state index in [0.717, 1.165) is 41.3 Å². The molecule has 3 heteroatoms. The Balaban J connectivity index is 2.31. The highest BCUT2D eigenvalue weighted by Gasteiger charge is 2.39. The van der Waals surface area contributed by atoms with Gasteiger partial charge < -0.3 is 5.11 Å². The van der Waals surface area contributed by atoms with E-state index in [1.165, 1.54) is 12.8 Å². The molecule has 0 aromatic heterocycles. The first kappa shape index (κ1) is 14.6. The Labute approximate surface area is 123 Å². The second-order valence-electron chi connectivity index (χ2n) is 5.59. The van der Waals surface area contributed by atoms with E-state index in [4.69, 9.17) is 0 Å². The fourth-order valence-corrected chi connectivity index (χ4v) is 3.30. The van der Waals surface area contributed by atoms with Crippen LogP contribution in [0.5, 0.6) is 0 Å². The Morgan fingerprint density at radius 3 is 2.42 bits per heavy atom. The highest BCUT2D eigenvalue weighted by atomic mass is 79.9. The Morgan fingerprint density at radius 1 is 1.26 bits per heavy atom. The van der Waals surface area contributed by atoms with Crippen LogP contribution in [0.3, 0.4) is 0 Å². The molecule has 19 heavy (non-hydrogen) atoms. The van der Waals surface area contributed by atoms with Crippen molar-refractivity contribution >= 4 is 15.9 Å². The summed E-state index contributed by atoms with van der Waals surface area (Å²) in [5.74, 6) is 0. The summed E-state index contributed by atoms with van der Waals surface area (Å²) in [7, 11) is 0. The Hall–Kier alpha value is -0.850. The van der Waals surface area contributed by atoms with Crippen LogP contribution >= 0.6 is 15.9 Å². The maximum Gasteiger partial charge on any atom is 0.0976 e. The fraction of sp³-hybridized carbons (Fsp3) is 0.562. The molecule has 0 saturated heterocycles. The lowest BCUT2D eigenvalue weighted by Crippen LogP contribution is -2.27. The first-order valence-corrected chi connectivity index (χ1v) is 7.74. The van der Waals surface area contributed by atoms with Crippen molar-refractivity contribution < 1.29 is 5.11 Å². The molecule has 1 saturated carbocycles. The van der Waals surface area contributed by atoms with E-state index in [1.807, 2.05) is 25.1 Å². The van der Waals surface area contributed by atoms with E-state index in [-0.39, 0.29) is 0 Å². The molecule has 1 fully saturated rings. The smallest absolute Gasteiger partial charge is 0.0976 e. The molecular formula is C16H20BrNO. The van der Waals surface area contributed by atoms with Gasteiger partial charge in [0.1, 0.15) is 0 Å². The number of hydrogen-bond donors (Lipinski definition) is 1. The lowest BCUT2D eigenvalue weighted by molar-refractivity contribution is 0.0516. The van der Waals surface area contributed by atoms with E-state index in [1.54, 1.807) is 0 Å². The minimum Gasteiger partial charge on any atom is -0.387 e. The van der Waals surface area contributed by atoms with Crippen LogP contribution in [0.15, 0.2) is 22.7 Å². The zero-order chi connectivity index (χ0) is 13.9. The Bertz CT molecular complexity index is 484. The van der Waals surface area contributed by atoms with Crippen LogP contribution in [0.25, 0.3) is 0 Å². The molecule has 1 aliphatic rings. The Kier molecular flexibility index (Phi) is 4.65. The molecule has 0 bridgehead atoms. The van der Waals surface area contributed by atoms with Crippen molar-refractivity contribution in [2.24, 2.45) is 5.41 Å². The van der Waals surface area contributed by atoms with Crippen LogP contribution < -0.4 is 0 Å². The van der Waals surface area contributed by atoms with E-state index < -0.39 is 11.5 Å². The third-order valence-corrected chi connectivity index (χ3v) is 5.11. The van der Waals surface area contributed by atoms with Gasteiger partial charge in [0.25, 0.3) is 0 Å². The molecule has 0 heterocycles. The van der Waals surface area contributed by atoms with Crippen molar-refractivity contribution in [3.05, 3.63) is 33.8 Å². The lowest BCUT2D eigenvalue weighted by atomic mass is 9.74. The van der Waals surface area contributed by atoms with Gasteiger partial charge in [-0.1, -0.05) is 53.7 Å². The summed E-state index contributed by atoms with van der Waals surface area (Å²) in [6, 6.07) is 8.30. The summed E-state index contributed by atoms with van der Waals surface area (Å²) >= 11 is 3.50. The summed E-state index contributed by atoms with van der Waals surface area (Å²) in [6.45, 7) is 2.02. The van der Waals surface area contributed by atoms with Gasteiger partial charge >= 0.3 is 0 Å². The zero-order valence-electron chi connectivity index (χ0n) is 11.3. The topological polar surface area (TPSA) is 44.0 Å². The van der Waals surface area contributed by atoms with Crippen molar-refractivity contribution in [3.8, 4) is 6.07 Å². The fourth-order valence-electron chi connectivity index (χ4n) is 2.90. The summed E-state index contributed by atoms with van der Waals surface area (Å²) in [4.78, 5) is 0. The van der Waals surface area contributed by atoms with Gasteiger partial charge in [-0.05, 0) is 37.0 Å². The molecule has 0 spiro atoms. The third kappa shape index (κ3) is 3.01. The molecule has 0 amide bonds. The molecule has 1 unspecified atom stereocenters. The normalized spacial score (nSPS) is 20.3. The monoisotopic (exact) mass is 321 g/mol. The summed E-state index contributed by atoms with van der Waals surface area (Å²) < 4.78 is 0.991. The van der Waals surface area contributed by atoms with Gasteiger partial charge in [0, 0.05) is 4.47 Å². The summed E-state index contributed by atoms with van der Waals surface area (Å²) in [5.41, 5.74) is 1.38. The van der Waals surface area contributed by atoms with Crippen LogP contribution in [0.1, 0.15) is 55.8 Å². The van der Waals surface area contributed by atoms with Crippen molar-refractivity contribution in [2.45, 2.75) is 51.6 Å². The van der Waals surface area contributed by atoms with Crippen molar-refractivity contribution in [2.75, 3.05) is 0 Å². The van der Waals surface area contributed by atoms with Crippen LogP contribution in [-0.4, -0.2) is 5.11 Å². The molecule has 1 N–H and O–H groups in total. The Morgan fingerprint density at radius 2 is 1.89 bits per heavy atom. The number of hydrogen-bond acceptors (Lipinski definition) is 2. The number of nitrogens with zero attached hydrogens (tertiary/aromatic N) is 1. The molecule has 2 rings (SSSR count). The van der Waals surface area contributed by atoms with Gasteiger partial charge in [0.15, 0.2) is 0 Å². The number of halogens is 1. The maximum absolute atomic E-state index is 10.7. The first-order valence-electron chi connectivity index (χ1n) is 6.94. The molecule has 1 aromatic rings. The predicted octanol–water partition coefficient (Wildman–Crippen LogP) is 4.66. The molecule has 102 valence electrons. The van der Waals surface area contributed by atoms with E-state index in [2.05, 4.69) is 22.0 Å². The minimum atomic E-state index is -0.688. The number of aliphatic hydroxyl groups is 1. The molecule has 1 aromatic carbocycles. The summed E-state index contributed by atoms with van der Waals surface area (Å²) in [6.07, 6.45) is 5.34. The third-order valence-electron chi connectivity index (χ3n) is 4.25. The average molecular weight is 322 g/mol. The molecule has 1 aliphatic carbocycles. The van der Waals surface area contributed by atoms with Gasteiger partial charge in [-0.3, -0.25) is 0 Å². The standard InChI is InChI=1S/C16H20BrNO/c1-12-6-7-13(10-14(12)17)15(19)16(11-18)8-4-2-3-5-9-16/h6-7,10,15,19H,2-5,8-9H2,1H3. The second-order valence-corrected chi connectivity index (χ2v) is 6.45. The molecule has 1 atom stereocenters. The SMILES string of the molecule is Cc1ccc(C(O)C2(C#N)CCCCCC2)cc1Br. The van der Waals surface area contributed by atoms with Gasteiger partial charge in [-0.25, -0.2) is 0 Å². The van der Waals surface area contributed by atoms with Gasteiger partial charge in [0.2, 0.25) is 0 Å². The van der Waals surface area contributed by atoms with E-state index >= 15 is 0 Å². The number of aliphatic hydroxyl groups excluding tert-OH is 1. The molecule has 0 radical (unpaired) electrons. The van der Waals surface area contributed by atoms with Crippen molar-refractivity contribution in [1.82, 2.24) is 0 Å². The number of aryl methyl sites for hydroxylation is 1. The van der Waals surface area contributed by atoms with Crippen LogP contribution in [0, 0.1) is 23.7 Å². The number of rotatable bonds is 2. The largest absolute Gasteiger partial charge is 0.387 e. The molecule has 0 aliphatic heterocycles. The van der Waals surface area contributed by atoms with E-state index in [0.29, 0.717) is 0 Å². The minimum absolute atomic E-state index is 0.606. The number of benzene rings is 1. The van der Waals surface area contributed by atoms with Gasteiger partial charge in [-0.15, -0.1) is 0 Å². The summed E-state index contributed by atoms with van der Waals surface area (Å²) in [5, 5.41) is 20.3. The van der Waals surface area contributed by atoms with Gasteiger partial charge in [-0.2, -0.15) is 5.26 Å². The highest BCUT2D eigenvalue weighted by molar-refractivity contribution is 9.10.